The second-order valence-corrected chi connectivity index (χ2v) is 8.60. The predicted octanol–water partition coefficient (Wildman–Crippen LogP) is 3.85. The van der Waals surface area contributed by atoms with Crippen molar-refractivity contribution in [3.63, 3.8) is 0 Å². The lowest BCUT2D eigenvalue weighted by Crippen LogP contribution is -2.50. The van der Waals surface area contributed by atoms with Crippen LogP contribution in [0.15, 0.2) is 18.2 Å². The molecular formula is C19H22ClFN2O2. The molecular weight excluding hydrogens is 343 g/mol. The van der Waals surface area contributed by atoms with Crippen LogP contribution < -0.4 is 10.9 Å². The maximum Gasteiger partial charge on any atom is 0.274 e. The van der Waals surface area contributed by atoms with Crippen molar-refractivity contribution in [2.75, 3.05) is 0 Å². The Hall–Kier alpha value is -1.62. The zero-order valence-corrected chi connectivity index (χ0v) is 14.7. The minimum atomic E-state index is -0.734. The Morgan fingerprint density at radius 2 is 1.68 bits per heavy atom. The van der Waals surface area contributed by atoms with Gasteiger partial charge in [0.05, 0.1) is 10.6 Å². The normalized spacial score (nSPS) is 32.5. The molecule has 1 aromatic carbocycles. The van der Waals surface area contributed by atoms with Gasteiger partial charge in [0.2, 0.25) is 5.91 Å². The van der Waals surface area contributed by atoms with E-state index in [1.54, 1.807) is 0 Å². The van der Waals surface area contributed by atoms with Gasteiger partial charge in [-0.3, -0.25) is 20.4 Å². The standard InChI is InChI=1S/C19H22ClFN2O2/c20-14-2-1-3-15(21)17(14)18(25)23-22-16(24)10-19-7-11-4-12(8-19)6-13(5-11)9-19/h1-3,11-13H,4-10H2,(H,22,24)(H,23,25). The highest BCUT2D eigenvalue weighted by molar-refractivity contribution is 6.33. The first-order chi connectivity index (χ1) is 11.9. The van der Waals surface area contributed by atoms with Crippen molar-refractivity contribution >= 4 is 23.4 Å². The fourth-order valence-corrected chi connectivity index (χ4v) is 6.04. The molecule has 6 heteroatoms. The summed E-state index contributed by atoms with van der Waals surface area (Å²) in [6, 6.07) is 4.04. The zero-order chi connectivity index (χ0) is 17.6. The van der Waals surface area contributed by atoms with E-state index >= 15 is 0 Å². The predicted molar refractivity (Wildman–Crippen MR) is 92.2 cm³/mol. The van der Waals surface area contributed by atoms with Crippen LogP contribution in [-0.2, 0) is 4.79 Å². The van der Waals surface area contributed by atoms with Gasteiger partial charge >= 0.3 is 0 Å². The van der Waals surface area contributed by atoms with Gasteiger partial charge in [0, 0.05) is 6.42 Å². The molecule has 0 spiro atoms. The molecule has 4 aliphatic carbocycles. The number of hydrogen-bond donors (Lipinski definition) is 2. The molecule has 4 bridgehead atoms. The number of nitrogens with one attached hydrogen (secondary N) is 2. The summed E-state index contributed by atoms with van der Waals surface area (Å²) in [7, 11) is 0. The van der Waals surface area contributed by atoms with Crippen LogP contribution >= 0.6 is 11.6 Å². The van der Waals surface area contributed by atoms with Crippen LogP contribution in [-0.4, -0.2) is 11.8 Å². The zero-order valence-electron chi connectivity index (χ0n) is 14.0. The van der Waals surface area contributed by atoms with Crippen molar-refractivity contribution < 1.29 is 14.0 Å². The maximum absolute atomic E-state index is 13.8. The van der Waals surface area contributed by atoms with E-state index in [2.05, 4.69) is 10.9 Å². The van der Waals surface area contributed by atoms with Crippen LogP contribution in [0.4, 0.5) is 4.39 Å². The fourth-order valence-electron chi connectivity index (χ4n) is 5.80. The van der Waals surface area contributed by atoms with Crippen molar-refractivity contribution in [2.24, 2.45) is 23.2 Å². The average Bonchev–Trinajstić information content (AvgIpc) is 2.51. The first-order valence-electron chi connectivity index (χ1n) is 8.97. The lowest BCUT2D eigenvalue weighted by Gasteiger charge is -2.56. The van der Waals surface area contributed by atoms with E-state index < -0.39 is 11.7 Å². The highest BCUT2D eigenvalue weighted by atomic mass is 35.5. The summed E-state index contributed by atoms with van der Waals surface area (Å²) in [5, 5.41) is 0.0211. The second-order valence-electron chi connectivity index (χ2n) is 8.19. The lowest BCUT2D eigenvalue weighted by atomic mass is 9.49. The molecule has 0 unspecified atom stereocenters. The SMILES string of the molecule is O=C(CC12CC3CC(CC(C3)C1)C2)NNC(=O)c1c(F)cccc1Cl. The fraction of sp³-hybridized carbons (Fsp3) is 0.579. The van der Waals surface area contributed by atoms with Crippen molar-refractivity contribution in [1.82, 2.24) is 10.9 Å². The van der Waals surface area contributed by atoms with Gasteiger partial charge < -0.3 is 0 Å². The van der Waals surface area contributed by atoms with E-state index in [0.717, 1.165) is 43.1 Å². The molecule has 1 aromatic rings. The first kappa shape index (κ1) is 16.8. The van der Waals surface area contributed by atoms with Crippen molar-refractivity contribution in [3.05, 3.63) is 34.6 Å². The van der Waals surface area contributed by atoms with E-state index in [4.69, 9.17) is 11.6 Å². The second kappa shape index (κ2) is 6.27. The molecule has 0 heterocycles. The summed E-state index contributed by atoms with van der Waals surface area (Å²) in [5.41, 5.74) is 4.59. The molecule has 0 atom stereocenters. The van der Waals surface area contributed by atoms with Crippen LogP contribution in [0.5, 0.6) is 0 Å². The smallest absolute Gasteiger partial charge is 0.273 e. The topological polar surface area (TPSA) is 58.2 Å². The third-order valence-electron chi connectivity index (χ3n) is 6.21. The van der Waals surface area contributed by atoms with Crippen LogP contribution in [0.1, 0.15) is 55.3 Å². The maximum atomic E-state index is 13.8. The molecule has 4 saturated carbocycles. The Balaban J connectivity index is 1.36. The lowest BCUT2D eigenvalue weighted by molar-refractivity contribution is -0.130. The van der Waals surface area contributed by atoms with E-state index in [9.17, 15) is 14.0 Å². The van der Waals surface area contributed by atoms with Crippen molar-refractivity contribution in [1.29, 1.82) is 0 Å². The Morgan fingerprint density at radius 3 is 2.24 bits per heavy atom. The van der Waals surface area contributed by atoms with Gasteiger partial charge in [-0.1, -0.05) is 17.7 Å². The Morgan fingerprint density at radius 1 is 1.08 bits per heavy atom. The number of hydrogen-bond acceptors (Lipinski definition) is 2. The van der Waals surface area contributed by atoms with Crippen LogP contribution in [0.3, 0.4) is 0 Å². The van der Waals surface area contributed by atoms with E-state index in [0.29, 0.717) is 6.42 Å². The molecule has 5 rings (SSSR count). The quantitative estimate of drug-likeness (QED) is 0.800. The molecule has 4 fully saturated rings. The Bertz CT molecular complexity index is 666. The van der Waals surface area contributed by atoms with Crippen molar-refractivity contribution in [3.8, 4) is 0 Å². The van der Waals surface area contributed by atoms with Crippen molar-refractivity contribution in [2.45, 2.75) is 44.9 Å². The van der Waals surface area contributed by atoms with Gasteiger partial charge in [0.1, 0.15) is 5.82 Å². The first-order valence-corrected chi connectivity index (χ1v) is 9.35. The monoisotopic (exact) mass is 364 g/mol. The molecule has 4 nitrogen and oxygen atoms in total. The number of hydrazine groups is 1. The summed E-state index contributed by atoms with van der Waals surface area (Å²) in [6.45, 7) is 0. The van der Waals surface area contributed by atoms with Crippen LogP contribution in [0.2, 0.25) is 5.02 Å². The van der Waals surface area contributed by atoms with Gasteiger partial charge in [-0.2, -0.15) is 0 Å². The van der Waals surface area contributed by atoms with Crippen LogP contribution in [0, 0.1) is 29.0 Å². The summed E-state index contributed by atoms with van der Waals surface area (Å²) < 4.78 is 13.8. The average molecular weight is 365 g/mol. The van der Waals surface area contributed by atoms with Gasteiger partial charge in [-0.25, -0.2) is 4.39 Å². The number of amides is 2. The largest absolute Gasteiger partial charge is 0.274 e. The number of benzene rings is 1. The molecule has 25 heavy (non-hydrogen) atoms. The summed E-state index contributed by atoms with van der Waals surface area (Å²) in [6.07, 6.45) is 7.77. The minimum Gasteiger partial charge on any atom is -0.273 e. The molecule has 0 aromatic heterocycles. The van der Waals surface area contributed by atoms with E-state index in [-0.39, 0.29) is 21.9 Å². The summed E-state index contributed by atoms with van der Waals surface area (Å²) >= 11 is 5.87. The highest BCUT2D eigenvalue weighted by Gasteiger charge is 2.51. The van der Waals surface area contributed by atoms with E-state index in [1.165, 1.54) is 31.4 Å². The molecule has 0 aliphatic heterocycles. The molecule has 2 amide bonds. The summed E-state index contributed by atoms with van der Waals surface area (Å²) in [5.74, 6) is 0.660. The van der Waals surface area contributed by atoms with E-state index in [1.807, 2.05) is 0 Å². The highest BCUT2D eigenvalue weighted by Crippen LogP contribution is 2.61. The Kier molecular flexibility index (Phi) is 4.22. The third-order valence-corrected chi connectivity index (χ3v) is 6.52. The minimum absolute atomic E-state index is 0.0211. The van der Waals surface area contributed by atoms with Gasteiger partial charge in [-0.05, 0) is 73.8 Å². The number of carbonyl (C=O) groups is 2. The number of halogens is 2. The number of rotatable bonds is 3. The van der Waals surface area contributed by atoms with Gasteiger partial charge in [0.15, 0.2) is 0 Å². The molecule has 2 N–H and O–H groups in total. The molecule has 4 aliphatic rings. The third kappa shape index (κ3) is 3.26. The Labute approximate surface area is 151 Å². The number of carbonyl (C=O) groups excluding carboxylic acids is 2. The van der Waals surface area contributed by atoms with Gasteiger partial charge in [0.25, 0.3) is 5.91 Å². The molecule has 134 valence electrons. The molecule has 0 radical (unpaired) electrons. The van der Waals surface area contributed by atoms with Crippen LogP contribution in [0.25, 0.3) is 0 Å². The summed E-state index contributed by atoms with van der Waals surface area (Å²) in [4.78, 5) is 24.5. The van der Waals surface area contributed by atoms with Gasteiger partial charge in [-0.15, -0.1) is 0 Å². The molecule has 0 saturated heterocycles.